The predicted octanol–water partition coefficient (Wildman–Crippen LogP) is 1.46. The van der Waals surface area contributed by atoms with Crippen molar-refractivity contribution < 1.29 is 14.7 Å². The molecule has 2 rings (SSSR count). The summed E-state index contributed by atoms with van der Waals surface area (Å²) in [6.45, 7) is 0. The number of carbonyl (C=O) groups is 2. The van der Waals surface area contributed by atoms with Crippen LogP contribution in [0, 0.1) is 0 Å². The molecular formula is C14H18N2O3. The van der Waals surface area contributed by atoms with Crippen LogP contribution in [0.1, 0.15) is 36.4 Å². The molecule has 1 heterocycles. The quantitative estimate of drug-likeness (QED) is 0.860. The van der Waals surface area contributed by atoms with Crippen molar-refractivity contribution in [3.63, 3.8) is 0 Å². The van der Waals surface area contributed by atoms with Crippen molar-refractivity contribution in [2.75, 3.05) is 11.9 Å². The van der Waals surface area contributed by atoms with Crippen molar-refractivity contribution in [3.8, 4) is 0 Å². The topological polar surface area (TPSA) is 83.6 Å². The van der Waals surface area contributed by atoms with E-state index in [1.54, 1.807) is 11.9 Å². The fourth-order valence-electron chi connectivity index (χ4n) is 2.49. The van der Waals surface area contributed by atoms with E-state index in [-0.39, 0.29) is 18.4 Å². The largest absolute Gasteiger partial charge is 0.481 e. The van der Waals surface area contributed by atoms with Crippen molar-refractivity contribution in [1.29, 1.82) is 0 Å². The Morgan fingerprint density at radius 2 is 2.21 bits per heavy atom. The molecule has 1 aromatic rings. The van der Waals surface area contributed by atoms with Gasteiger partial charge >= 0.3 is 5.97 Å². The predicted molar refractivity (Wildman–Crippen MR) is 72.0 cm³/mol. The molecule has 0 aromatic heterocycles. The van der Waals surface area contributed by atoms with E-state index in [4.69, 9.17) is 10.8 Å². The van der Waals surface area contributed by atoms with Crippen LogP contribution in [0.25, 0.3) is 0 Å². The van der Waals surface area contributed by atoms with Crippen LogP contribution in [0.4, 0.5) is 5.69 Å². The number of amides is 1. The molecule has 5 nitrogen and oxygen atoms in total. The number of nitrogens with two attached hydrogens (primary N) is 1. The zero-order valence-electron chi connectivity index (χ0n) is 10.9. The van der Waals surface area contributed by atoms with E-state index in [0.29, 0.717) is 19.3 Å². The van der Waals surface area contributed by atoms with Crippen LogP contribution in [-0.4, -0.2) is 24.0 Å². The van der Waals surface area contributed by atoms with Crippen molar-refractivity contribution >= 4 is 17.6 Å². The second kappa shape index (κ2) is 5.40. The van der Waals surface area contributed by atoms with Gasteiger partial charge in [0.1, 0.15) is 0 Å². The lowest BCUT2D eigenvalue weighted by atomic mass is 9.91. The maximum Gasteiger partial charge on any atom is 0.303 e. The highest BCUT2D eigenvalue weighted by atomic mass is 16.4. The molecule has 1 amide bonds. The summed E-state index contributed by atoms with van der Waals surface area (Å²) in [6, 6.07) is 5.39. The Morgan fingerprint density at radius 3 is 2.89 bits per heavy atom. The molecule has 1 atom stereocenters. The number of nitrogens with zero attached hydrogens (tertiary/aromatic N) is 1. The minimum atomic E-state index is -0.840. The average molecular weight is 262 g/mol. The normalized spacial score (nSPS) is 16.1. The first-order chi connectivity index (χ1) is 9.00. The van der Waals surface area contributed by atoms with Gasteiger partial charge in [-0.15, -0.1) is 0 Å². The van der Waals surface area contributed by atoms with Crippen LogP contribution in [0.3, 0.4) is 0 Å². The van der Waals surface area contributed by atoms with E-state index < -0.39 is 5.97 Å². The Hall–Kier alpha value is -1.88. The molecular weight excluding hydrogens is 244 g/mol. The molecule has 0 saturated carbocycles. The molecule has 0 radical (unpaired) electrons. The van der Waals surface area contributed by atoms with Gasteiger partial charge in [0.15, 0.2) is 0 Å². The van der Waals surface area contributed by atoms with Gasteiger partial charge < -0.3 is 15.7 Å². The summed E-state index contributed by atoms with van der Waals surface area (Å²) in [5.74, 6) is -0.740. The summed E-state index contributed by atoms with van der Waals surface area (Å²) < 4.78 is 0. The van der Waals surface area contributed by atoms with Crippen LogP contribution in [0.15, 0.2) is 18.2 Å². The second-order valence-electron chi connectivity index (χ2n) is 4.84. The highest BCUT2D eigenvalue weighted by molar-refractivity contribution is 5.96. The van der Waals surface area contributed by atoms with Gasteiger partial charge in [0, 0.05) is 31.6 Å². The third-order valence-electron chi connectivity index (χ3n) is 3.58. The Morgan fingerprint density at radius 1 is 1.47 bits per heavy atom. The molecule has 0 spiro atoms. The van der Waals surface area contributed by atoms with E-state index in [1.165, 1.54) is 0 Å². The summed E-state index contributed by atoms with van der Waals surface area (Å²) in [4.78, 5) is 23.9. The van der Waals surface area contributed by atoms with Gasteiger partial charge in [-0.1, -0.05) is 12.1 Å². The van der Waals surface area contributed by atoms with Gasteiger partial charge in [0.05, 0.1) is 0 Å². The molecule has 0 bridgehead atoms. The lowest BCUT2D eigenvalue weighted by Crippen LogP contribution is -2.32. The first kappa shape index (κ1) is 13.5. The zero-order valence-corrected chi connectivity index (χ0v) is 10.9. The minimum Gasteiger partial charge on any atom is -0.481 e. The van der Waals surface area contributed by atoms with Gasteiger partial charge in [-0.25, -0.2) is 0 Å². The molecule has 19 heavy (non-hydrogen) atoms. The fraction of sp³-hybridized carbons (Fsp3) is 0.429. The molecule has 0 aliphatic carbocycles. The number of fused-ring (bicyclic) bond motifs is 1. The molecule has 1 aliphatic rings. The van der Waals surface area contributed by atoms with E-state index in [0.717, 1.165) is 16.8 Å². The third kappa shape index (κ3) is 2.76. The number of rotatable bonds is 4. The number of carbonyl (C=O) groups excluding carboxylic acids is 1. The molecule has 3 N–H and O–H groups in total. The third-order valence-corrected chi connectivity index (χ3v) is 3.58. The average Bonchev–Trinajstić information content (AvgIpc) is 2.39. The van der Waals surface area contributed by atoms with Gasteiger partial charge in [0.25, 0.3) is 0 Å². The Kier molecular flexibility index (Phi) is 3.85. The first-order valence-electron chi connectivity index (χ1n) is 6.36. The smallest absolute Gasteiger partial charge is 0.303 e. The number of anilines is 1. The van der Waals surface area contributed by atoms with E-state index >= 15 is 0 Å². The Bertz CT molecular complexity index is 513. The van der Waals surface area contributed by atoms with E-state index in [9.17, 15) is 9.59 Å². The highest BCUT2D eigenvalue weighted by Gasteiger charge is 2.24. The van der Waals surface area contributed by atoms with Crippen LogP contribution in [0.5, 0.6) is 0 Å². The van der Waals surface area contributed by atoms with E-state index in [1.807, 2.05) is 18.2 Å². The zero-order chi connectivity index (χ0) is 14.0. The molecule has 0 saturated heterocycles. The van der Waals surface area contributed by atoms with E-state index in [2.05, 4.69) is 0 Å². The van der Waals surface area contributed by atoms with Crippen LogP contribution in [-0.2, 0) is 16.0 Å². The standard InChI is InChI=1S/C14H18N2O3/c1-16-12-4-2-3-9(10(12)5-7-13(16)17)11(15)6-8-14(18)19/h2-4,11H,5-8,15H2,1H3,(H,18,19). The highest BCUT2D eigenvalue weighted by Crippen LogP contribution is 2.32. The van der Waals surface area contributed by atoms with Crippen LogP contribution >= 0.6 is 0 Å². The van der Waals surface area contributed by atoms with Crippen molar-refractivity contribution in [2.45, 2.75) is 31.7 Å². The number of carboxylic acid groups (broad SMARTS) is 1. The van der Waals surface area contributed by atoms with Gasteiger partial charge in [0.2, 0.25) is 5.91 Å². The van der Waals surface area contributed by atoms with Crippen LogP contribution in [0.2, 0.25) is 0 Å². The summed E-state index contributed by atoms with van der Waals surface area (Å²) >= 11 is 0. The SMILES string of the molecule is CN1C(=O)CCc2c(C(N)CCC(=O)O)cccc21. The molecule has 102 valence electrons. The van der Waals surface area contributed by atoms with Crippen molar-refractivity contribution in [1.82, 2.24) is 0 Å². The monoisotopic (exact) mass is 262 g/mol. The Balaban J connectivity index is 2.27. The molecule has 1 aliphatic heterocycles. The van der Waals surface area contributed by atoms with Crippen LogP contribution < -0.4 is 10.6 Å². The Labute approximate surface area is 112 Å². The lowest BCUT2D eigenvalue weighted by molar-refractivity contribution is -0.137. The second-order valence-corrected chi connectivity index (χ2v) is 4.84. The molecule has 5 heteroatoms. The maximum atomic E-state index is 11.7. The first-order valence-corrected chi connectivity index (χ1v) is 6.36. The molecule has 1 unspecified atom stereocenters. The number of hydrogen-bond donors (Lipinski definition) is 2. The minimum absolute atomic E-state index is 0.0552. The lowest BCUT2D eigenvalue weighted by Gasteiger charge is -2.29. The summed E-state index contributed by atoms with van der Waals surface area (Å²) in [5.41, 5.74) is 9.00. The maximum absolute atomic E-state index is 11.7. The van der Waals surface area contributed by atoms with Crippen molar-refractivity contribution in [2.24, 2.45) is 5.73 Å². The summed E-state index contributed by atoms with van der Waals surface area (Å²) in [7, 11) is 1.76. The number of hydrogen-bond acceptors (Lipinski definition) is 3. The number of aliphatic carboxylic acids is 1. The number of benzene rings is 1. The van der Waals surface area contributed by atoms with Gasteiger partial charge in [-0.2, -0.15) is 0 Å². The fourth-order valence-corrected chi connectivity index (χ4v) is 2.49. The molecule has 1 aromatic carbocycles. The van der Waals surface area contributed by atoms with Crippen molar-refractivity contribution in [3.05, 3.63) is 29.3 Å². The summed E-state index contributed by atoms with van der Waals surface area (Å²) in [6.07, 6.45) is 1.62. The van der Waals surface area contributed by atoms with Gasteiger partial charge in [-0.3, -0.25) is 9.59 Å². The summed E-state index contributed by atoms with van der Waals surface area (Å²) in [5, 5.41) is 8.72. The number of carboxylic acids is 1. The van der Waals surface area contributed by atoms with Gasteiger partial charge in [-0.05, 0) is 30.0 Å². The molecule has 0 fully saturated rings.